The molecule has 0 amide bonds. The smallest absolute Gasteiger partial charge is 0.744 e. The largest absolute Gasteiger partial charge is 1.00 e. The van der Waals surface area contributed by atoms with Gasteiger partial charge >= 0.3 is 29.6 Å². The zero-order chi connectivity index (χ0) is 14.6. The van der Waals surface area contributed by atoms with Crippen LogP contribution >= 0.6 is 0 Å². The molecule has 0 spiro atoms. The molecule has 4 nitrogen and oxygen atoms in total. The second kappa shape index (κ2) is 7.68. The standard InChI is InChI=1S/C15H12O4S.Na/c16-15(13-6-2-1-3-7-13)14-8-4-5-12(11-14)9-10-20(17,18)19;/h1-11H,(H,17,18,19);/q;+1/p-1/b10-9+;. The molecule has 2 aromatic carbocycles. The Labute approximate surface area is 145 Å². The molecule has 0 fully saturated rings. The van der Waals surface area contributed by atoms with Crippen LogP contribution in [-0.2, 0) is 10.1 Å². The van der Waals surface area contributed by atoms with Gasteiger partial charge in [-0.15, -0.1) is 0 Å². The van der Waals surface area contributed by atoms with E-state index in [1.165, 1.54) is 12.1 Å². The fraction of sp³-hybridized carbons (Fsp3) is 0. The number of carbonyl (C=O) groups excluding carboxylic acids is 1. The van der Waals surface area contributed by atoms with Crippen molar-refractivity contribution < 1.29 is 47.3 Å². The number of benzene rings is 2. The molecule has 21 heavy (non-hydrogen) atoms. The molecule has 6 heteroatoms. The minimum atomic E-state index is -4.42. The molecule has 0 aromatic heterocycles. The van der Waals surface area contributed by atoms with Crippen LogP contribution in [-0.4, -0.2) is 18.8 Å². The quantitative estimate of drug-likeness (QED) is 0.431. The fourth-order valence-corrected chi connectivity index (χ4v) is 2.03. The van der Waals surface area contributed by atoms with Crippen molar-refractivity contribution in [3.05, 3.63) is 76.7 Å². The summed E-state index contributed by atoms with van der Waals surface area (Å²) in [6, 6.07) is 15.2. The molecule has 0 unspecified atom stereocenters. The van der Waals surface area contributed by atoms with E-state index in [1.807, 2.05) is 6.07 Å². The van der Waals surface area contributed by atoms with Crippen LogP contribution in [0.5, 0.6) is 0 Å². The third-order valence-corrected chi connectivity index (χ3v) is 3.08. The average Bonchev–Trinajstić information content (AvgIpc) is 2.45. The molecule has 102 valence electrons. The van der Waals surface area contributed by atoms with Crippen molar-refractivity contribution in [2.45, 2.75) is 0 Å². The molecule has 0 aliphatic rings. The van der Waals surface area contributed by atoms with E-state index >= 15 is 0 Å². The van der Waals surface area contributed by atoms with Gasteiger partial charge in [-0.1, -0.05) is 48.5 Å². The van der Waals surface area contributed by atoms with Crippen LogP contribution in [0.4, 0.5) is 0 Å². The average molecular weight is 310 g/mol. The first-order valence-electron chi connectivity index (χ1n) is 5.79. The molecule has 0 aliphatic carbocycles. The number of rotatable bonds is 4. The van der Waals surface area contributed by atoms with E-state index in [9.17, 15) is 17.8 Å². The van der Waals surface area contributed by atoms with Gasteiger partial charge in [0, 0.05) is 16.5 Å². The maximum atomic E-state index is 12.2. The summed E-state index contributed by atoms with van der Waals surface area (Å²) in [6.45, 7) is 0. The minimum Gasteiger partial charge on any atom is -0.744 e. The van der Waals surface area contributed by atoms with Gasteiger partial charge < -0.3 is 4.55 Å². The molecule has 0 saturated carbocycles. The predicted molar refractivity (Wildman–Crippen MR) is 75.0 cm³/mol. The van der Waals surface area contributed by atoms with Gasteiger partial charge in [-0.3, -0.25) is 4.79 Å². The first kappa shape index (κ1) is 17.8. The first-order valence-corrected chi connectivity index (χ1v) is 7.27. The number of hydrogen-bond acceptors (Lipinski definition) is 4. The summed E-state index contributed by atoms with van der Waals surface area (Å²) in [5, 5.41) is 0.569. The van der Waals surface area contributed by atoms with Crippen LogP contribution in [0.3, 0.4) is 0 Å². The summed E-state index contributed by atoms with van der Waals surface area (Å²) < 4.78 is 31.6. The van der Waals surface area contributed by atoms with Crippen LogP contribution in [0.15, 0.2) is 60.0 Å². The Morgan fingerprint density at radius 2 is 1.57 bits per heavy atom. The van der Waals surface area contributed by atoms with E-state index in [1.54, 1.807) is 42.5 Å². The fourth-order valence-electron chi connectivity index (χ4n) is 1.70. The molecular formula is C15H11NaO4S. The Morgan fingerprint density at radius 3 is 2.19 bits per heavy atom. The van der Waals surface area contributed by atoms with Gasteiger partial charge in [-0.25, -0.2) is 8.42 Å². The molecule has 0 bridgehead atoms. The molecule has 2 aromatic rings. The van der Waals surface area contributed by atoms with Crippen LogP contribution in [0.2, 0.25) is 0 Å². The van der Waals surface area contributed by atoms with Gasteiger partial charge in [-0.2, -0.15) is 0 Å². The number of hydrogen-bond donors (Lipinski definition) is 0. The molecular weight excluding hydrogens is 299 g/mol. The van der Waals surface area contributed by atoms with Crippen LogP contribution in [0.1, 0.15) is 21.5 Å². The third-order valence-electron chi connectivity index (χ3n) is 2.61. The maximum absolute atomic E-state index is 12.2. The molecule has 2 rings (SSSR count). The van der Waals surface area contributed by atoms with Crippen molar-refractivity contribution in [2.24, 2.45) is 0 Å². The Bertz CT molecular complexity index is 752. The number of carbonyl (C=O) groups is 1. The molecule has 0 radical (unpaired) electrons. The molecule has 0 heterocycles. The Morgan fingerprint density at radius 1 is 0.952 bits per heavy atom. The summed E-state index contributed by atoms with van der Waals surface area (Å²) in [5.41, 5.74) is 1.46. The Hall–Kier alpha value is -1.24. The first-order chi connectivity index (χ1) is 9.46. The van der Waals surface area contributed by atoms with Crippen molar-refractivity contribution in [1.29, 1.82) is 0 Å². The molecule has 0 atom stereocenters. The van der Waals surface area contributed by atoms with E-state index < -0.39 is 10.1 Å². The zero-order valence-electron chi connectivity index (χ0n) is 11.4. The van der Waals surface area contributed by atoms with Crippen molar-refractivity contribution in [2.75, 3.05) is 0 Å². The summed E-state index contributed by atoms with van der Waals surface area (Å²) in [6.07, 6.45) is 1.17. The van der Waals surface area contributed by atoms with E-state index in [-0.39, 0.29) is 35.3 Å². The zero-order valence-corrected chi connectivity index (χ0v) is 14.2. The summed E-state index contributed by atoms with van der Waals surface area (Å²) in [7, 11) is -4.42. The van der Waals surface area contributed by atoms with Crippen molar-refractivity contribution in [3.63, 3.8) is 0 Å². The van der Waals surface area contributed by atoms with Gasteiger partial charge in [0.25, 0.3) is 0 Å². The second-order valence-electron chi connectivity index (χ2n) is 4.12. The SMILES string of the molecule is O=C(c1ccccc1)c1cccc(/C=C/S(=O)(=O)[O-])c1.[Na+]. The van der Waals surface area contributed by atoms with Crippen molar-refractivity contribution >= 4 is 22.0 Å². The van der Waals surface area contributed by atoms with Crippen LogP contribution < -0.4 is 29.6 Å². The monoisotopic (exact) mass is 310 g/mol. The number of ketones is 1. The maximum Gasteiger partial charge on any atom is 1.00 e. The molecule has 0 saturated heterocycles. The van der Waals surface area contributed by atoms with Gasteiger partial charge in [0.2, 0.25) is 0 Å². The van der Waals surface area contributed by atoms with Gasteiger partial charge in [0.1, 0.15) is 10.1 Å². The third kappa shape index (κ3) is 5.57. The van der Waals surface area contributed by atoms with Crippen LogP contribution in [0.25, 0.3) is 6.08 Å². The summed E-state index contributed by atoms with van der Waals surface area (Å²) in [5.74, 6) is -0.161. The van der Waals surface area contributed by atoms with Crippen molar-refractivity contribution in [1.82, 2.24) is 0 Å². The normalized spacial score (nSPS) is 11.1. The summed E-state index contributed by atoms with van der Waals surface area (Å²) >= 11 is 0. The van der Waals surface area contributed by atoms with Gasteiger partial charge in [-0.05, 0) is 17.7 Å². The van der Waals surface area contributed by atoms with Crippen LogP contribution in [0, 0.1) is 0 Å². The van der Waals surface area contributed by atoms with E-state index in [0.29, 0.717) is 22.1 Å². The second-order valence-corrected chi connectivity index (χ2v) is 5.37. The van der Waals surface area contributed by atoms with E-state index in [0.717, 1.165) is 0 Å². The summed E-state index contributed by atoms with van der Waals surface area (Å²) in [4.78, 5) is 12.2. The van der Waals surface area contributed by atoms with E-state index in [2.05, 4.69) is 0 Å². The predicted octanol–water partition coefficient (Wildman–Crippen LogP) is -0.562. The van der Waals surface area contributed by atoms with Gasteiger partial charge in [0.15, 0.2) is 5.78 Å². The Balaban J connectivity index is 0.00000220. The van der Waals surface area contributed by atoms with Crippen molar-refractivity contribution in [3.8, 4) is 0 Å². The van der Waals surface area contributed by atoms with E-state index in [4.69, 9.17) is 0 Å². The minimum absolute atomic E-state index is 0. The molecule has 0 N–H and O–H groups in total. The van der Waals surface area contributed by atoms with Gasteiger partial charge in [0.05, 0.1) is 0 Å². The Kier molecular flexibility index (Phi) is 6.51. The molecule has 0 aliphatic heterocycles. The topological polar surface area (TPSA) is 74.3 Å².